The molecule has 0 aromatic heterocycles. The molecule has 2 rings (SSSR count). The molecule has 2 heteroatoms. The van der Waals surface area contributed by atoms with E-state index in [1.165, 1.54) is 77.0 Å². The van der Waals surface area contributed by atoms with Crippen LogP contribution in [0.25, 0.3) is 0 Å². The Hall–Kier alpha value is -0.530. The normalized spacial score (nSPS) is 18.0. The summed E-state index contributed by atoms with van der Waals surface area (Å²) in [4.78, 5) is 8.36. The van der Waals surface area contributed by atoms with Crippen LogP contribution in [0.5, 0.6) is 0 Å². The van der Waals surface area contributed by atoms with Crippen LogP contribution >= 0.6 is 0 Å². The Bertz CT molecular complexity index is 81.1. The van der Waals surface area contributed by atoms with Crippen LogP contribution in [0, 0.1) is 0 Å². The quantitative estimate of drug-likeness (QED) is 0.579. The zero-order valence-corrected chi connectivity index (χ0v) is 11.9. The van der Waals surface area contributed by atoms with Gasteiger partial charge >= 0.3 is 0 Å². The molecule has 2 aliphatic rings. The fraction of sp³-hybridized carbons (Fsp3) is 0.933. The van der Waals surface area contributed by atoms with Gasteiger partial charge in [-0.2, -0.15) is 0 Å². The van der Waals surface area contributed by atoms with Gasteiger partial charge in [-0.3, -0.25) is 4.79 Å². The number of hydrogen-bond donors (Lipinski definition) is 1. The molecule has 2 nitrogen and oxygen atoms in total. The zero-order valence-electron chi connectivity index (χ0n) is 11.9. The van der Waals surface area contributed by atoms with Gasteiger partial charge in [0.05, 0.1) is 0 Å². The molecule has 0 aliphatic heterocycles. The molecule has 0 bridgehead atoms. The highest BCUT2D eigenvalue weighted by Gasteiger charge is 1.96. The lowest BCUT2D eigenvalue weighted by molar-refractivity contribution is -0.122. The second kappa shape index (κ2) is 20.8. The minimum absolute atomic E-state index is 0.250. The molecule has 0 unspecified atom stereocenters. The number of carbonyl (C=O) groups is 1. The van der Waals surface area contributed by atoms with Gasteiger partial charge in [0, 0.05) is 0 Å². The van der Waals surface area contributed by atoms with Crippen LogP contribution in [-0.2, 0) is 4.79 Å². The first-order valence-corrected chi connectivity index (χ1v) is 7.49. The molecular formula is C15H32O2. The summed E-state index contributed by atoms with van der Waals surface area (Å²) in [6.45, 7) is 3.75. The summed E-state index contributed by atoms with van der Waals surface area (Å²) in [5.74, 6) is 0. The standard InChI is InChI=1S/2C6H12.C2H6.CH2O2/c2*1-2-4-6-5-3-1;1-2;2-1-3/h2*1-6H2;1-2H3;1H,(H,2,3). The lowest BCUT2D eigenvalue weighted by atomic mass is 10.0. The minimum Gasteiger partial charge on any atom is -0.483 e. The molecule has 17 heavy (non-hydrogen) atoms. The number of carboxylic acid groups (broad SMARTS) is 1. The minimum atomic E-state index is -0.250. The van der Waals surface area contributed by atoms with E-state index in [-0.39, 0.29) is 6.47 Å². The summed E-state index contributed by atoms with van der Waals surface area (Å²) in [6.07, 6.45) is 18.0. The van der Waals surface area contributed by atoms with Gasteiger partial charge in [-0.05, 0) is 0 Å². The fourth-order valence-corrected chi connectivity index (χ4v) is 2.12. The van der Waals surface area contributed by atoms with Gasteiger partial charge in [0.2, 0.25) is 0 Å². The van der Waals surface area contributed by atoms with Gasteiger partial charge in [0.25, 0.3) is 6.47 Å². The SMILES string of the molecule is C1CCCCC1.C1CCCCC1.CC.O=CO. The molecule has 2 aliphatic carbocycles. The third-order valence-corrected chi connectivity index (χ3v) is 3.00. The van der Waals surface area contributed by atoms with E-state index in [1.54, 1.807) is 0 Å². The summed E-state index contributed by atoms with van der Waals surface area (Å²) < 4.78 is 0. The van der Waals surface area contributed by atoms with Crippen LogP contribution in [0.1, 0.15) is 90.9 Å². The largest absolute Gasteiger partial charge is 0.483 e. The highest BCUT2D eigenvalue weighted by Crippen LogP contribution is 2.15. The first-order valence-electron chi connectivity index (χ1n) is 7.49. The van der Waals surface area contributed by atoms with Crippen molar-refractivity contribution in [2.75, 3.05) is 0 Å². The molecule has 0 heterocycles. The first kappa shape index (κ1) is 18.8. The monoisotopic (exact) mass is 244 g/mol. The maximum absolute atomic E-state index is 8.36. The maximum Gasteiger partial charge on any atom is 0.290 e. The van der Waals surface area contributed by atoms with E-state index in [0.717, 1.165) is 0 Å². The van der Waals surface area contributed by atoms with Crippen molar-refractivity contribution in [3.63, 3.8) is 0 Å². The van der Waals surface area contributed by atoms with Gasteiger partial charge in [-0.1, -0.05) is 90.9 Å². The fourth-order valence-electron chi connectivity index (χ4n) is 2.12. The van der Waals surface area contributed by atoms with Crippen LogP contribution in [-0.4, -0.2) is 11.6 Å². The molecule has 0 aromatic carbocycles. The Morgan fingerprint density at radius 1 is 0.588 bits per heavy atom. The topological polar surface area (TPSA) is 37.3 Å². The molecule has 0 amide bonds. The maximum atomic E-state index is 8.36. The first-order chi connectivity index (χ1) is 8.41. The van der Waals surface area contributed by atoms with Crippen LogP contribution < -0.4 is 0 Å². The lowest BCUT2D eigenvalue weighted by Crippen LogP contribution is -1.85. The van der Waals surface area contributed by atoms with Crippen LogP contribution in [0.4, 0.5) is 0 Å². The predicted molar refractivity (Wildman–Crippen MR) is 75.4 cm³/mol. The third kappa shape index (κ3) is 21.3. The summed E-state index contributed by atoms with van der Waals surface area (Å²) in [7, 11) is 0. The highest BCUT2D eigenvalue weighted by atomic mass is 16.3. The van der Waals surface area contributed by atoms with Gasteiger partial charge in [0.15, 0.2) is 0 Å². The summed E-state index contributed by atoms with van der Waals surface area (Å²) in [5, 5.41) is 6.89. The molecule has 1 N–H and O–H groups in total. The van der Waals surface area contributed by atoms with E-state index >= 15 is 0 Å². The molecule has 104 valence electrons. The van der Waals surface area contributed by atoms with Crippen LogP contribution in [0.15, 0.2) is 0 Å². The van der Waals surface area contributed by atoms with Crippen molar-refractivity contribution >= 4 is 6.47 Å². The highest BCUT2D eigenvalue weighted by molar-refractivity contribution is 5.32. The summed E-state index contributed by atoms with van der Waals surface area (Å²) in [5.41, 5.74) is 0. The van der Waals surface area contributed by atoms with E-state index in [9.17, 15) is 0 Å². The van der Waals surface area contributed by atoms with E-state index in [1.807, 2.05) is 13.8 Å². The average molecular weight is 244 g/mol. The van der Waals surface area contributed by atoms with E-state index in [2.05, 4.69) is 0 Å². The van der Waals surface area contributed by atoms with Gasteiger partial charge in [-0.15, -0.1) is 0 Å². The van der Waals surface area contributed by atoms with Crippen molar-refractivity contribution in [2.24, 2.45) is 0 Å². The average Bonchev–Trinajstić information content (AvgIpc) is 2.46. The zero-order chi connectivity index (χ0) is 13.2. The Morgan fingerprint density at radius 3 is 0.706 bits per heavy atom. The van der Waals surface area contributed by atoms with Crippen molar-refractivity contribution in [3.8, 4) is 0 Å². The summed E-state index contributed by atoms with van der Waals surface area (Å²) in [6, 6.07) is 0. The van der Waals surface area contributed by atoms with E-state index in [0.29, 0.717) is 0 Å². The molecular weight excluding hydrogens is 212 g/mol. The second-order valence-electron chi connectivity index (χ2n) is 4.35. The molecule has 2 fully saturated rings. The Kier molecular flexibility index (Phi) is 23.1. The van der Waals surface area contributed by atoms with Gasteiger partial charge in [0.1, 0.15) is 0 Å². The number of rotatable bonds is 0. The van der Waals surface area contributed by atoms with E-state index < -0.39 is 0 Å². The van der Waals surface area contributed by atoms with Crippen LogP contribution in [0.3, 0.4) is 0 Å². The smallest absolute Gasteiger partial charge is 0.290 e. The van der Waals surface area contributed by atoms with Gasteiger partial charge in [-0.25, -0.2) is 0 Å². The van der Waals surface area contributed by atoms with E-state index in [4.69, 9.17) is 9.90 Å². The van der Waals surface area contributed by atoms with Crippen molar-refractivity contribution in [1.82, 2.24) is 0 Å². The molecule has 0 aromatic rings. The molecule has 0 radical (unpaired) electrons. The van der Waals surface area contributed by atoms with Crippen molar-refractivity contribution in [2.45, 2.75) is 90.9 Å². The number of hydrogen-bond acceptors (Lipinski definition) is 1. The van der Waals surface area contributed by atoms with Crippen molar-refractivity contribution in [3.05, 3.63) is 0 Å². The molecule has 0 saturated heterocycles. The molecule has 0 atom stereocenters. The van der Waals surface area contributed by atoms with Crippen LogP contribution in [0.2, 0.25) is 0 Å². The summed E-state index contributed by atoms with van der Waals surface area (Å²) >= 11 is 0. The molecule has 0 spiro atoms. The Morgan fingerprint density at radius 2 is 0.647 bits per heavy atom. The molecule has 2 saturated carbocycles. The van der Waals surface area contributed by atoms with Crippen molar-refractivity contribution in [1.29, 1.82) is 0 Å². The van der Waals surface area contributed by atoms with Crippen molar-refractivity contribution < 1.29 is 9.90 Å². The van der Waals surface area contributed by atoms with Gasteiger partial charge < -0.3 is 5.11 Å². The predicted octanol–water partition coefficient (Wildman–Crippen LogP) is 5.41. The lowest BCUT2D eigenvalue weighted by Gasteiger charge is -2.05. The Balaban J connectivity index is 0. The Labute approximate surface area is 108 Å². The third-order valence-electron chi connectivity index (χ3n) is 3.00. The second-order valence-corrected chi connectivity index (χ2v) is 4.35.